The van der Waals surface area contributed by atoms with E-state index in [0.29, 0.717) is 0 Å². The van der Waals surface area contributed by atoms with E-state index >= 15 is 0 Å². The molecular formula is C10H8BrN. The summed E-state index contributed by atoms with van der Waals surface area (Å²) in [5.74, 6) is 0. The van der Waals surface area contributed by atoms with Gasteiger partial charge in [-0.1, -0.05) is 36.4 Å². The van der Waals surface area contributed by atoms with Crippen LogP contribution in [0.4, 0.5) is 0 Å². The highest BCUT2D eigenvalue weighted by atomic mass is 79.9. The molecule has 0 spiro atoms. The minimum Gasteiger partial charge on any atom is -0.266 e. The number of hydrogen-bond acceptors (Lipinski definition) is 1. The van der Waals surface area contributed by atoms with Crippen LogP contribution in [0.5, 0.6) is 0 Å². The maximum Gasteiger partial charge on any atom is 0.101 e. The number of hydrogen-bond donors (Lipinski definition) is 0. The lowest BCUT2D eigenvalue weighted by Crippen LogP contribution is -1.87. The molecule has 1 aliphatic heterocycles. The molecule has 0 amide bonds. The second-order valence-electron chi connectivity index (χ2n) is 2.67. The van der Waals surface area contributed by atoms with E-state index in [0.717, 1.165) is 4.62 Å². The summed E-state index contributed by atoms with van der Waals surface area (Å²) in [6, 6.07) is 10.5. The van der Waals surface area contributed by atoms with E-state index in [-0.39, 0.29) is 6.04 Å². The lowest BCUT2D eigenvalue weighted by Gasteiger charge is -2.02. The molecule has 1 nitrogen and oxygen atoms in total. The molecule has 1 unspecified atom stereocenters. The molecule has 0 N–H and O–H groups in total. The van der Waals surface area contributed by atoms with Crippen LogP contribution in [0.3, 0.4) is 0 Å². The minimum absolute atomic E-state index is 0.209. The summed E-state index contributed by atoms with van der Waals surface area (Å²) >= 11 is 3.34. The van der Waals surface area contributed by atoms with Crippen molar-refractivity contribution in [1.29, 1.82) is 0 Å². The van der Waals surface area contributed by atoms with Crippen molar-refractivity contribution in [2.75, 3.05) is 0 Å². The number of nitrogens with zero attached hydrogens (tertiary/aromatic N) is 1. The highest BCUT2D eigenvalue weighted by Crippen LogP contribution is 2.24. The smallest absolute Gasteiger partial charge is 0.101 e. The van der Waals surface area contributed by atoms with E-state index in [9.17, 15) is 0 Å². The standard InChI is InChI=1S/C10H8BrN/c11-10-7-6-9(12-10)8-4-2-1-3-5-8/h1-7,9H. The number of allylic oxidation sites excluding steroid dienone is 1. The van der Waals surface area contributed by atoms with Gasteiger partial charge < -0.3 is 0 Å². The average molecular weight is 222 g/mol. The van der Waals surface area contributed by atoms with Crippen molar-refractivity contribution in [2.45, 2.75) is 6.04 Å². The Bertz CT molecular complexity index is 327. The van der Waals surface area contributed by atoms with Crippen LogP contribution in [0.15, 0.2) is 47.5 Å². The van der Waals surface area contributed by atoms with Crippen LogP contribution in [0.1, 0.15) is 11.6 Å². The Morgan fingerprint density at radius 3 is 2.50 bits per heavy atom. The first-order chi connectivity index (χ1) is 5.86. The molecule has 2 rings (SSSR count). The summed E-state index contributed by atoms with van der Waals surface area (Å²) in [5, 5.41) is 0. The molecule has 0 radical (unpaired) electrons. The molecule has 1 atom stereocenters. The fraction of sp³-hybridized carbons (Fsp3) is 0.100. The Kier molecular flexibility index (Phi) is 2.09. The fourth-order valence-electron chi connectivity index (χ4n) is 1.23. The van der Waals surface area contributed by atoms with E-state index in [1.54, 1.807) is 0 Å². The van der Waals surface area contributed by atoms with Crippen LogP contribution in [0.25, 0.3) is 0 Å². The minimum atomic E-state index is 0.209. The normalized spacial score (nSPS) is 21.1. The third-order valence-corrected chi connectivity index (χ3v) is 2.29. The first-order valence-corrected chi connectivity index (χ1v) is 4.62. The number of rotatable bonds is 1. The predicted molar refractivity (Wildman–Crippen MR) is 54.7 cm³/mol. The van der Waals surface area contributed by atoms with Gasteiger partial charge in [0.15, 0.2) is 0 Å². The van der Waals surface area contributed by atoms with E-state index in [1.165, 1.54) is 5.56 Å². The third kappa shape index (κ3) is 1.48. The molecule has 1 aromatic rings. The van der Waals surface area contributed by atoms with Crippen molar-refractivity contribution in [3.63, 3.8) is 0 Å². The molecule has 1 heterocycles. The van der Waals surface area contributed by atoms with Gasteiger partial charge in [-0.2, -0.15) is 0 Å². The van der Waals surface area contributed by atoms with Gasteiger partial charge in [0.05, 0.1) is 6.04 Å². The molecule has 0 aliphatic carbocycles. The van der Waals surface area contributed by atoms with Crippen molar-refractivity contribution in [3.05, 3.63) is 48.0 Å². The van der Waals surface area contributed by atoms with Gasteiger partial charge in [-0.25, -0.2) is 0 Å². The van der Waals surface area contributed by atoms with Gasteiger partial charge in [0, 0.05) is 0 Å². The molecule has 0 saturated carbocycles. The maximum atomic E-state index is 4.38. The van der Waals surface area contributed by atoms with Crippen LogP contribution in [0.2, 0.25) is 0 Å². The molecule has 0 fully saturated rings. The molecule has 0 saturated heterocycles. The Morgan fingerprint density at radius 2 is 1.92 bits per heavy atom. The zero-order valence-corrected chi connectivity index (χ0v) is 8.03. The Morgan fingerprint density at radius 1 is 1.17 bits per heavy atom. The van der Waals surface area contributed by atoms with Gasteiger partial charge in [-0.15, -0.1) is 0 Å². The summed E-state index contributed by atoms with van der Waals surface area (Å²) in [5.41, 5.74) is 1.24. The van der Waals surface area contributed by atoms with E-state index in [4.69, 9.17) is 0 Å². The second kappa shape index (κ2) is 3.23. The highest BCUT2D eigenvalue weighted by Gasteiger charge is 2.09. The summed E-state index contributed by atoms with van der Waals surface area (Å²) in [7, 11) is 0. The summed E-state index contributed by atoms with van der Waals surface area (Å²) in [6.07, 6.45) is 4.07. The Labute approximate surface area is 80.0 Å². The van der Waals surface area contributed by atoms with E-state index in [2.05, 4.69) is 39.1 Å². The number of aliphatic imine (C=N–C) groups is 1. The second-order valence-corrected chi connectivity index (χ2v) is 3.48. The van der Waals surface area contributed by atoms with Gasteiger partial charge in [0.2, 0.25) is 0 Å². The first kappa shape index (κ1) is 7.74. The predicted octanol–water partition coefficient (Wildman–Crippen LogP) is 3.09. The summed E-state index contributed by atoms with van der Waals surface area (Å²) < 4.78 is 0.927. The van der Waals surface area contributed by atoms with Crippen LogP contribution < -0.4 is 0 Å². The molecule has 60 valence electrons. The van der Waals surface area contributed by atoms with Crippen LogP contribution in [0, 0.1) is 0 Å². The number of halogens is 1. The highest BCUT2D eigenvalue weighted by molar-refractivity contribution is 9.18. The third-order valence-electron chi connectivity index (χ3n) is 1.82. The number of benzene rings is 1. The van der Waals surface area contributed by atoms with Crippen molar-refractivity contribution < 1.29 is 0 Å². The zero-order valence-electron chi connectivity index (χ0n) is 6.44. The lowest BCUT2D eigenvalue weighted by atomic mass is 10.1. The van der Waals surface area contributed by atoms with Crippen molar-refractivity contribution in [2.24, 2.45) is 4.99 Å². The Hall–Kier alpha value is -0.890. The monoisotopic (exact) mass is 221 g/mol. The van der Waals surface area contributed by atoms with Crippen LogP contribution in [-0.4, -0.2) is 4.62 Å². The van der Waals surface area contributed by atoms with Crippen LogP contribution >= 0.6 is 15.9 Å². The lowest BCUT2D eigenvalue weighted by molar-refractivity contribution is 0.935. The van der Waals surface area contributed by atoms with Crippen molar-refractivity contribution in [1.82, 2.24) is 0 Å². The van der Waals surface area contributed by atoms with Gasteiger partial charge in [-0.3, -0.25) is 4.99 Å². The van der Waals surface area contributed by atoms with Crippen molar-refractivity contribution >= 4 is 20.6 Å². The van der Waals surface area contributed by atoms with E-state index < -0.39 is 0 Å². The van der Waals surface area contributed by atoms with E-state index in [1.807, 2.05) is 24.3 Å². The summed E-state index contributed by atoms with van der Waals surface area (Å²) in [4.78, 5) is 4.38. The quantitative estimate of drug-likeness (QED) is 0.692. The topological polar surface area (TPSA) is 12.4 Å². The zero-order chi connectivity index (χ0) is 8.39. The molecule has 0 bridgehead atoms. The van der Waals surface area contributed by atoms with Gasteiger partial charge in [0.1, 0.15) is 4.62 Å². The molecule has 1 aliphatic rings. The van der Waals surface area contributed by atoms with Crippen LogP contribution in [-0.2, 0) is 0 Å². The van der Waals surface area contributed by atoms with Crippen molar-refractivity contribution in [3.8, 4) is 0 Å². The fourth-order valence-corrected chi connectivity index (χ4v) is 1.60. The molecule has 2 heteroatoms. The summed E-state index contributed by atoms with van der Waals surface area (Å²) in [6.45, 7) is 0. The average Bonchev–Trinajstić information content (AvgIpc) is 2.54. The molecule has 12 heavy (non-hydrogen) atoms. The maximum absolute atomic E-state index is 4.38. The molecule has 1 aromatic carbocycles. The molecular weight excluding hydrogens is 214 g/mol. The Balaban J connectivity index is 2.29. The van der Waals surface area contributed by atoms with Gasteiger partial charge in [-0.05, 0) is 27.6 Å². The van der Waals surface area contributed by atoms with Gasteiger partial charge in [0.25, 0.3) is 0 Å². The SMILES string of the molecule is BrC1=NC(c2ccccc2)C=C1. The van der Waals surface area contributed by atoms with Gasteiger partial charge >= 0.3 is 0 Å². The molecule has 0 aromatic heterocycles. The first-order valence-electron chi connectivity index (χ1n) is 3.83. The largest absolute Gasteiger partial charge is 0.266 e.